The maximum absolute atomic E-state index is 12.9. The van der Waals surface area contributed by atoms with Gasteiger partial charge in [-0.3, -0.25) is 19.3 Å². The Labute approximate surface area is 202 Å². The standard InChI is InChI=1S/C25H19F3N2O4S/c1-2-34-20-11-10-15-6-3-4-9-18(15)19(20)13-21-23(32)30(24(33)35-21)14-22(31)29-17-8-5-7-16(12-17)25(26,27)28/h3-13H,2,14H2,1H3,(H,29,31)/b21-13-. The first-order valence-corrected chi connectivity index (χ1v) is 11.4. The number of carbonyl (C=O) groups excluding carboxylic acids is 3. The van der Waals surface area contributed by atoms with Crippen LogP contribution in [0.1, 0.15) is 18.1 Å². The second kappa shape index (κ2) is 9.83. The normalized spacial score (nSPS) is 15.2. The van der Waals surface area contributed by atoms with Crippen LogP contribution in [-0.4, -0.2) is 35.1 Å². The minimum atomic E-state index is -4.57. The highest BCUT2D eigenvalue weighted by molar-refractivity contribution is 8.18. The van der Waals surface area contributed by atoms with Gasteiger partial charge in [0.2, 0.25) is 5.91 Å². The number of thioether (sulfide) groups is 1. The Balaban J connectivity index is 1.55. The van der Waals surface area contributed by atoms with E-state index in [2.05, 4.69) is 5.32 Å². The first-order chi connectivity index (χ1) is 16.7. The van der Waals surface area contributed by atoms with Crippen LogP contribution < -0.4 is 10.1 Å². The van der Waals surface area contributed by atoms with Gasteiger partial charge in [0.05, 0.1) is 17.1 Å². The minimum absolute atomic E-state index is 0.0931. The summed E-state index contributed by atoms with van der Waals surface area (Å²) in [5.41, 5.74) is -0.391. The van der Waals surface area contributed by atoms with E-state index in [1.165, 1.54) is 6.07 Å². The van der Waals surface area contributed by atoms with Crippen molar-refractivity contribution in [3.05, 3.63) is 76.7 Å². The Morgan fingerprint density at radius 3 is 2.60 bits per heavy atom. The molecule has 35 heavy (non-hydrogen) atoms. The highest BCUT2D eigenvalue weighted by Gasteiger charge is 2.37. The molecule has 0 aromatic heterocycles. The van der Waals surface area contributed by atoms with E-state index in [0.29, 0.717) is 29.7 Å². The zero-order chi connectivity index (χ0) is 25.2. The molecule has 6 nitrogen and oxygen atoms in total. The smallest absolute Gasteiger partial charge is 0.416 e. The Bertz CT molecular complexity index is 1350. The Hall–Kier alpha value is -3.79. The zero-order valence-corrected chi connectivity index (χ0v) is 19.2. The molecule has 0 bridgehead atoms. The number of fused-ring (bicyclic) bond motifs is 1. The van der Waals surface area contributed by atoms with Crippen molar-refractivity contribution in [2.75, 3.05) is 18.5 Å². The number of rotatable bonds is 6. The average molecular weight is 500 g/mol. The van der Waals surface area contributed by atoms with Crippen molar-refractivity contribution in [3.8, 4) is 5.75 Å². The lowest BCUT2D eigenvalue weighted by Crippen LogP contribution is -2.36. The van der Waals surface area contributed by atoms with Crippen molar-refractivity contribution in [1.82, 2.24) is 4.90 Å². The predicted molar refractivity (Wildman–Crippen MR) is 128 cm³/mol. The van der Waals surface area contributed by atoms with E-state index in [1.807, 2.05) is 37.3 Å². The van der Waals surface area contributed by atoms with Gasteiger partial charge in [0, 0.05) is 11.3 Å². The molecule has 10 heteroatoms. The lowest BCUT2D eigenvalue weighted by Gasteiger charge is -2.14. The van der Waals surface area contributed by atoms with E-state index >= 15 is 0 Å². The molecule has 0 atom stereocenters. The first-order valence-electron chi connectivity index (χ1n) is 10.5. The number of ether oxygens (including phenoxy) is 1. The van der Waals surface area contributed by atoms with Gasteiger partial charge in [0.1, 0.15) is 12.3 Å². The average Bonchev–Trinajstić information content (AvgIpc) is 3.07. The van der Waals surface area contributed by atoms with E-state index in [9.17, 15) is 27.6 Å². The predicted octanol–water partition coefficient (Wildman–Crippen LogP) is 5.93. The van der Waals surface area contributed by atoms with Crippen LogP contribution in [0.4, 0.5) is 23.7 Å². The number of hydrogen-bond acceptors (Lipinski definition) is 5. The van der Waals surface area contributed by atoms with Crippen molar-refractivity contribution in [2.45, 2.75) is 13.1 Å². The lowest BCUT2D eigenvalue weighted by atomic mass is 10.0. The summed E-state index contributed by atoms with van der Waals surface area (Å²) in [6.45, 7) is 1.60. The van der Waals surface area contributed by atoms with E-state index in [4.69, 9.17) is 4.74 Å². The Kier molecular flexibility index (Phi) is 6.83. The number of nitrogens with one attached hydrogen (secondary N) is 1. The summed E-state index contributed by atoms with van der Waals surface area (Å²) < 4.78 is 44.4. The number of anilines is 1. The van der Waals surface area contributed by atoms with Crippen LogP contribution in [0.25, 0.3) is 16.8 Å². The molecule has 3 aromatic carbocycles. The number of hydrogen-bond donors (Lipinski definition) is 1. The molecular weight excluding hydrogens is 481 g/mol. The molecule has 1 aliphatic rings. The Morgan fingerprint density at radius 1 is 1.09 bits per heavy atom. The van der Waals surface area contributed by atoms with Gasteiger partial charge in [-0.15, -0.1) is 0 Å². The number of benzene rings is 3. The molecule has 0 radical (unpaired) electrons. The SMILES string of the molecule is CCOc1ccc2ccccc2c1/C=C1\SC(=O)N(CC(=O)Nc2cccc(C(F)(F)F)c2)C1=O. The van der Waals surface area contributed by atoms with E-state index < -0.39 is 35.3 Å². The summed E-state index contributed by atoms with van der Waals surface area (Å²) in [5, 5.41) is 3.39. The second-order valence-corrected chi connectivity index (χ2v) is 8.52. The summed E-state index contributed by atoms with van der Waals surface area (Å²) >= 11 is 0.680. The van der Waals surface area contributed by atoms with Gasteiger partial charge in [-0.25, -0.2) is 0 Å². The summed E-state index contributed by atoms with van der Waals surface area (Å²) in [6, 6.07) is 15.3. The van der Waals surface area contributed by atoms with Crippen molar-refractivity contribution in [3.63, 3.8) is 0 Å². The maximum atomic E-state index is 12.9. The van der Waals surface area contributed by atoms with Crippen molar-refractivity contribution in [2.24, 2.45) is 0 Å². The molecule has 1 N–H and O–H groups in total. The van der Waals surface area contributed by atoms with E-state index in [-0.39, 0.29) is 10.6 Å². The van der Waals surface area contributed by atoms with Gasteiger partial charge in [-0.1, -0.05) is 36.4 Å². The molecule has 3 aromatic rings. The number of carbonyl (C=O) groups is 3. The molecule has 180 valence electrons. The van der Waals surface area contributed by atoms with Gasteiger partial charge >= 0.3 is 6.18 Å². The third-order valence-corrected chi connectivity index (χ3v) is 6.06. The van der Waals surface area contributed by atoms with Gasteiger partial charge in [0.25, 0.3) is 11.1 Å². The topological polar surface area (TPSA) is 75.7 Å². The highest BCUT2D eigenvalue weighted by Crippen LogP contribution is 2.37. The number of halogens is 3. The number of amides is 3. The fourth-order valence-electron chi connectivity index (χ4n) is 3.59. The molecule has 0 unspecified atom stereocenters. The quantitative estimate of drug-likeness (QED) is 0.425. The number of nitrogens with zero attached hydrogens (tertiary/aromatic N) is 1. The minimum Gasteiger partial charge on any atom is -0.493 e. The van der Waals surface area contributed by atoms with Gasteiger partial charge in [-0.05, 0) is 59.8 Å². The van der Waals surface area contributed by atoms with E-state index in [1.54, 1.807) is 12.1 Å². The molecule has 0 saturated carbocycles. The van der Waals surface area contributed by atoms with Crippen LogP contribution in [0.15, 0.2) is 65.6 Å². The molecule has 1 fully saturated rings. The summed E-state index contributed by atoms with van der Waals surface area (Å²) in [6.07, 6.45) is -3.01. The maximum Gasteiger partial charge on any atom is 0.416 e. The van der Waals surface area contributed by atoms with Crippen LogP contribution >= 0.6 is 11.8 Å². The van der Waals surface area contributed by atoms with Crippen molar-refractivity contribution in [1.29, 1.82) is 0 Å². The van der Waals surface area contributed by atoms with Crippen molar-refractivity contribution >= 4 is 51.4 Å². The summed E-state index contributed by atoms with van der Waals surface area (Å²) in [7, 11) is 0. The van der Waals surface area contributed by atoms with Gasteiger partial charge < -0.3 is 10.1 Å². The lowest BCUT2D eigenvalue weighted by molar-refractivity contribution is -0.137. The van der Waals surface area contributed by atoms with E-state index in [0.717, 1.165) is 33.9 Å². The summed E-state index contributed by atoms with van der Waals surface area (Å²) in [5.74, 6) is -0.928. The second-order valence-electron chi connectivity index (χ2n) is 7.53. The monoisotopic (exact) mass is 500 g/mol. The zero-order valence-electron chi connectivity index (χ0n) is 18.4. The molecule has 0 aliphatic carbocycles. The highest BCUT2D eigenvalue weighted by atomic mass is 32.2. The largest absolute Gasteiger partial charge is 0.493 e. The third kappa shape index (κ3) is 5.32. The summed E-state index contributed by atoms with van der Waals surface area (Å²) in [4.78, 5) is 38.7. The number of alkyl halides is 3. The Morgan fingerprint density at radius 2 is 1.86 bits per heavy atom. The molecular formula is C25H19F3N2O4S. The van der Waals surface area contributed by atoms with Crippen LogP contribution in [0, 0.1) is 0 Å². The molecule has 0 spiro atoms. The van der Waals surface area contributed by atoms with Gasteiger partial charge in [0.15, 0.2) is 0 Å². The third-order valence-electron chi connectivity index (χ3n) is 5.15. The van der Waals surface area contributed by atoms with Crippen LogP contribution in [-0.2, 0) is 15.8 Å². The number of imide groups is 1. The first kappa shape index (κ1) is 24.3. The van der Waals surface area contributed by atoms with Gasteiger partial charge in [-0.2, -0.15) is 13.2 Å². The fraction of sp³-hybridized carbons (Fsp3) is 0.160. The van der Waals surface area contributed by atoms with Crippen LogP contribution in [0.2, 0.25) is 0 Å². The van der Waals surface area contributed by atoms with Crippen LogP contribution in [0.5, 0.6) is 5.75 Å². The fourth-order valence-corrected chi connectivity index (χ4v) is 4.41. The molecule has 1 heterocycles. The molecule has 4 rings (SSSR count). The molecule has 3 amide bonds. The molecule has 1 aliphatic heterocycles. The van der Waals surface area contributed by atoms with Crippen LogP contribution in [0.3, 0.4) is 0 Å². The molecule has 1 saturated heterocycles. The van der Waals surface area contributed by atoms with Crippen molar-refractivity contribution < 1.29 is 32.3 Å².